The molecule has 0 spiro atoms. The maximum Gasteiger partial charge on any atom is 0.183 e. The second-order valence-electron chi connectivity index (χ2n) is 4.98. The first-order chi connectivity index (χ1) is 10.5. The van der Waals surface area contributed by atoms with Crippen LogP contribution >= 0.6 is 11.8 Å². The van der Waals surface area contributed by atoms with Crippen molar-refractivity contribution in [3.8, 4) is 6.19 Å². The Kier molecular flexibility index (Phi) is 5.32. The summed E-state index contributed by atoms with van der Waals surface area (Å²) in [6.45, 7) is 1.93. The molecule has 0 aliphatic carbocycles. The Bertz CT molecular complexity index is 717. The van der Waals surface area contributed by atoms with E-state index in [1.54, 1.807) is 24.6 Å². The van der Waals surface area contributed by atoms with Crippen molar-refractivity contribution in [2.45, 2.75) is 17.7 Å². The highest BCUT2D eigenvalue weighted by Crippen LogP contribution is 2.31. The standard InChI is InChI=1S/C14H18N4O2S2/c1-21-14(16-10-15)17-12-9-11(18-7-3-4-8-18)5-6-13(12)22(2,19)20/h5-6,9H,3-4,7-8H2,1-2H3,(H,16,17). The van der Waals surface area contributed by atoms with Crippen molar-refractivity contribution in [2.75, 3.05) is 30.5 Å². The van der Waals surface area contributed by atoms with Crippen LogP contribution in [0.1, 0.15) is 12.8 Å². The molecule has 1 saturated heterocycles. The molecular weight excluding hydrogens is 320 g/mol. The molecule has 1 aromatic rings. The van der Waals surface area contributed by atoms with E-state index in [4.69, 9.17) is 5.26 Å². The van der Waals surface area contributed by atoms with Gasteiger partial charge in [-0.25, -0.2) is 13.4 Å². The SMILES string of the molecule is CSC(=Nc1cc(N2CCCC2)ccc1S(C)(=O)=O)NC#N. The number of sulfone groups is 1. The number of amidine groups is 1. The molecule has 0 bridgehead atoms. The molecule has 118 valence electrons. The van der Waals surface area contributed by atoms with Crippen molar-refractivity contribution < 1.29 is 8.42 Å². The zero-order valence-corrected chi connectivity index (χ0v) is 14.2. The van der Waals surface area contributed by atoms with Crippen LogP contribution in [0.4, 0.5) is 11.4 Å². The first kappa shape index (κ1) is 16.6. The number of benzene rings is 1. The van der Waals surface area contributed by atoms with E-state index in [0.717, 1.165) is 37.9 Å². The Morgan fingerprint density at radius 1 is 1.41 bits per heavy atom. The molecule has 6 nitrogen and oxygen atoms in total. The van der Waals surface area contributed by atoms with Crippen LogP contribution in [-0.2, 0) is 9.84 Å². The number of rotatable bonds is 3. The summed E-state index contributed by atoms with van der Waals surface area (Å²) in [4.78, 5) is 6.68. The monoisotopic (exact) mass is 338 g/mol. The van der Waals surface area contributed by atoms with Crippen molar-refractivity contribution in [1.82, 2.24) is 5.32 Å². The third-order valence-corrected chi connectivity index (χ3v) is 5.12. The van der Waals surface area contributed by atoms with Gasteiger partial charge in [0.15, 0.2) is 21.2 Å². The first-order valence-corrected chi connectivity index (χ1v) is 9.94. The number of hydrogen-bond donors (Lipinski definition) is 1. The maximum absolute atomic E-state index is 11.9. The van der Waals surface area contributed by atoms with Crippen LogP contribution in [0, 0.1) is 11.5 Å². The van der Waals surface area contributed by atoms with Gasteiger partial charge in [0.2, 0.25) is 0 Å². The van der Waals surface area contributed by atoms with Crippen molar-refractivity contribution in [1.29, 1.82) is 5.26 Å². The summed E-state index contributed by atoms with van der Waals surface area (Å²) >= 11 is 1.25. The number of aliphatic imine (C=N–C) groups is 1. The molecular formula is C14H18N4O2S2. The Morgan fingerprint density at radius 2 is 2.09 bits per heavy atom. The van der Waals surface area contributed by atoms with E-state index >= 15 is 0 Å². The normalized spacial score (nSPS) is 15.7. The summed E-state index contributed by atoms with van der Waals surface area (Å²) < 4.78 is 23.9. The fourth-order valence-corrected chi connectivity index (χ4v) is 3.50. The Labute approximate surface area is 135 Å². The second kappa shape index (κ2) is 7.03. The number of hydrogen-bond acceptors (Lipinski definition) is 6. The largest absolute Gasteiger partial charge is 0.371 e. The molecule has 0 radical (unpaired) electrons. The number of nitrogens with zero attached hydrogens (tertiary/aromatic N) is 3. The van der Waals surface area contributed by atoms with E-state index in [2.05, 4.69) is 15.2 Å². The van der Waals surface area contributed by atoms with Crippen LogP contribution in [0.3, 0.4) is 0 Å². The molecule has 1 fully saturated rings. The molecule has 22 heavy (non-hydrogen) atoms. The smallest absolute Gasteiger partial charge is 0.183 e. The van der Waals surface area contributed by atoms with Gasteiger partial charge in [-0.3, -0.25) is 5.32 Å². The van der Waals surface area contributed by atoms with Gasteiger partial charge in [0.1, 0.15) is 0 Å². The summed E-state index contributed by atoms with van der Waals surface area (Å²) in [7, 11) is -3.39. The van der Waals surface area contributed by atoms with Gasteiger partial charge in [-0.05, 0) is 37.3 Å². The van der Waals surface area contributed by atoms with E-state index in [0.29, 0.717) is 10.9 Å². The Hall–Kier alpha value is -1.72. The molecule has 1 N–H and O–H groups in total. The molecule has 1 aliphatic heterocycles. The summed E-state index contributed by atoms with van der Waals surface area (Å²) in [5.74, 6) is 0. The third kappa shape index (κ3) is 3.93. The van der Waals surface area contributed by atoms with Crippen molar-refractivity contribution >= 4 is 38.1 Å². The van der Waals surface area contributed by atoms with Crippen molar-refractivity contribution in [3.05, 3.63) is 18.2 Å². The topological polar surface area (TPSA) is 85.6 Å². The highest BCUT2D eigenvalue weighted by Gasteiger charge is 2.18. The molecule has 1 heterocycles. The minimum Gasteiger partial charge on any atom is -0.371 e. The van der Waals surface area contributed by atoms with Crippen LogP contribution in [0.5, 0.6) is 0 Å². The summed E-state index contributed by atoms with van der Waals surface area (Å²) in [5, 5.41) is 11.5. The molecule has 8 heteroatoms. The predicted octanol–water partition coefficient (Wildman–Crippen LogP) is 2.11. The van der Waals surface area contributed by atoms with E-state index in [9.17, 15) is 8.42 Å². The van der Waals surface area contributed by atoms with Gasteiger partial charge in [0.25, 0.3) is 0 Å². The van der Waals surface area contributed by atoms with E-state index < -0.39 is 9.84 Å². The highest BCUT2D eigenvalue weighted by molar-refractivity contribution is 8.13. The molecule has 0 saturated carbocycles. The minimum atomic E-state index is -3.39. The lowest BCUT2D eigenvalue weighted by Gasteiger charge is -2.18. The summed E-state index contributed by atoms with van der Waals surface area (Å²) in [5.41, 5.74) is 1.32. The number of anilines is 1. The summed E-state index contributed by atoms with van der Waals surface area (Å²) in [6.07, 6.45) is 7.01. The lowest BCUT2D eigenvalue weighted by Crippen LogP contribution is -2.17. The van der Waals surface area contributed by atoms with Gasteiger partial charge in [0.05, 0.1) is 10.6 Å². The van der Waals surface area contributed by atoms with Gasteiger partial charge in [-0.15, -0.1) is 0 Å². The molecule has 0 amide bonds. The Morgan fingerprint density at radius 3 is 2.64 bits per heavy atom. The zero-order valence-electron chi connectivity index (χ0n) is 12.5. The maximum atomic E-state index is 11.9. The minimum absolute atomic E-state index is 0.168. The first-order valence-electron chi connectivity index (χ1n) is 6.82. The van der Waals surface area contributed by atoms with Crippen LogP contribution in [0.15, 0.2) is 28.1 Å². The van der Waals surface area contributed by atoms with Crippen molar-refractivity contribution in [2.24, 2.45) is 4.99 Å². The third-order valence-electron chi connectivity index (χ3n) is 3.39. The summed E-state index contributed by atoms with van der Waals surface area (Å²) in [6, 6.07) is 5.18. The number of nitrogens with one attached hydrogen (secondary N) is 1. The van der Waals surface area contributed by atoms with Gasteiger partial charge in [0, 0.05) is 25.0 Å². The fraction of sp³-hybridized carbons (Fsp3) is 0.429. The van der Waals surface area contributed by atoms with E-state index in [1.165, 1.54) is 11.8 Å². The molecule has 2 rings (SSSR count). The average Bonchev–Trinajstić information content (AvgIpc) is 2.99. The fourth-order valence-electron chi connectivity index (χ4n) is 2.36. The van der Waals surface area contributed by atoms with E-state index in [-0.39, 0.29) is 4.90 Å². The van der Waals surface area contributed by atoms with Crippen LogP contribution in [0.25, 0.3) is 0 Å². The van der Waals surface area contributed by atoms with Gasteiger partial charge in [-0.2, -0.15) is 5.26 Å². The van der Waals surface area contributed by atoms with E-state index in [1.807, 2.05) is 6.07 Å². The van der Waals surface area contributed by atoms with Crippen LogP contribution < -0.4 is 10.2 Å². The lowest BCUT2D eigenvalue weighted by molar-refractivity contribution is 0.602. The molecule has 0 aromatic heterocycles. The molecule has 0 unspecified atom stereocenters. The second-order valence-corrected chi connectivity index (χ2v) is 7.76. The van der Waals surface area contributed by atoms with Gasteiger partial charge < -0.3 is 4.90 Å². The lowest BCUT2D eigenvalue weighted by atomic mass is 10.2. The van der Waals surface area contributed by atoms with Gasteiger partial charge in [-0.1, -0.05) is 11.8 Å². The zero-order chi connectivity index (χ0) is 16.2. The highest BCUT2D eigenvalue weighted by atomic mass is 32.2. The molecule has 1 aromatic carbocycles. The quantitative estimate of drug-likeness (QED) is 0.393. The van der Waals surface area contributed by atoms with Crippen LogP contribution in [-0.4, -0.2) is 39.2 Å². The number of nitriles is 1. The molecule has 0 atom stereocenters. The molecule has 1 aliphatic rings. The van der Waals surface area contributed by atoms with Crippen molar-refractivity contribution in [3.63, 3.8) is 0 Å². The Balaban J connectivity index is 2.50. The van der Waals surface area contributed by atoms with Gasteiger partial charge >= 0.3 is 0 Å². The predicted molar refractivity (Wildman–Crippen MR) is 90.4 cm³/mol. The number of thioether (sulfide) groups is 1. The average molecular weight is 338 g/mol. The van der Waals surface area contributed by atoms with Crippen LogP contribution in [0.2, 0.25) is 0 Å².